The molecule has 0 aromatic heterocycles. The fourth-order valence-electron chi connectivity index (χ4n) is 2.84. The van der Waals surface area contributed by atoms with Gasteiger partial charge in [-0.3, -0.25) is 4.79 Å². The van der Waals surface area contributed by atoms with Gasteiger partial charge in [0.05, 0.1) is 24.0 Å². The van der Waals surface area contributed by atoms with Crippen LogP contribution in [0.15, 0.2) is 12.1 Å². The fraction of sp³-hybridized carbons (Fsp3) is 0.562. The highest BCUT2D eigenvalue weighted by Crippen LogP contribution is 2.48. The molecule has 0 aliphatic carbocycles. The summed E-state index contributed by atoms with van der Waals surface area (Å²) in [6.07, 6.45) is 0. The molecule has 1 aliphatic rings. The van der Waals surface area contributed by atoms with Gasteiger partial charge in [-0.2, -0.15) is 0 Å². The third-order valence-electron chi connectivity index (χ3n) is 4.78. The smallest absolute Gasteiger partial charge is 0.310 e. The molecule has 0 unspecified atom stereocenters. The van der Waals surface area contributed by atoms with E-state index in [0.29, 0.717) is 13.2 Å². The maximum Gasteiger partial charge on any atom is 0.310 e. The molecule has 0 atom stereocenters. The van der Waals surface area contributed by atoms with Gasteiger partial charge in [-0.05, 0) is 56.9 Å². The Hall–Kier alpha value is -1.35. The molecule has 1 N–H and O–H groups in total. The molecule has 0 spiro atoms. The minimum absolute atomic E-state index is 0.415. The molecule has 0 radical (unpaired) electrons. The normalized spacial score (nSPS) is 17.9. The highest BCUT2D eigenvalue weighted by molar-refractivity contribution is 5.77. The molecular weight excluding hydrogens is 240 g/mol. The van der Waals surface area contributed by atoms with Gasteiger partial charge >= 0.3 is 5.97 Å². The highest BCUT2D eigenvalue weighted by Gasteiger charge is 2.56. The number of carboxylic acid groups (broad SMARTS) is 1. The molecule has 1 aromatic carbocycles. The first-order valence-electron chi connectivity index (χ1n) is 6.62. The van der Waals surface area contributed by atoms with Crippen LogP contribution in [0.1, 0.15) is 36.1 Å². The molecule has 2 rings (SSSR count). The molecule has 104 valence electrons. The molecule has 1 aliphatic heterocycles. The summed E-state index contributed by atoms with van der Waals surface area (Å²) < 4.78 is 5.39. The molecule has 3 heteroatoms. The maximum atomic E-state index is 11.6. The lowest BCUT2D eigenvalue weighted by Crippen LogP contribution is -2.60. The largest absolute Gasteiger partial charge is 0.481 e. The van der Waals surface area contributed by atoms with E-state index >= 15 is 0 Å². The number of carbonyl (C=O) groups is 1. The van der Waals surface area contributed by atoms with Gasteiger partial charge in [0.2, 0.25) is 0 Å². The summed E-state index contributed by atoms with van der Waals surface area (Å²) in [5, 5.41) is 9.56. The SMILES string of the molecule is Cc1cc(C)c(C2(C(C)(C)C(=O)O)COC2)cc1C. The Bertz CT molecular complexity index is 525. The number of hydrogen-bond donors (Lipinski definition) is 1. The lowest BCUT2D eigenvalue weighted by molar-refractivity contribution is -0.171. The van der Waals surface area contributed by atoms with Gasteiger partial charge in [-0.25, -0.2) is 0 Å². The molecular formula is C16H22O3. The third-order valence-corrected chi connectivity index (χ3v) is 4.78. The van der Waals surface area contributed by atoms with Crippen LogP contribution in [-0.4, -0.2) is 24.3 Å². The molecule has 0 amide bonds. The number of ether oxygens (including phenoxy) is 1. The van der Waals surface area contributed by atoms with Crippen LogP contribution in [-0.2, 0) is 14.9 Å². The minimum Gasteiger partial charge on any atom is -0.481 e. The second-order valence-corrected chi connectivity index (χ2v) is 6.26. The minimum atomic E-state index is -0.836. The summed E-state index contributed by atoms with van der Waals surface area (Å²) in [4.78, 5) is 11.6. The second kappa shape index (κ2) is 4.34. The first kappa shape index (κ1) is 14.1. The first-order valence-corrected chi connectivity index (χ1v) is 6.62. The summed E-state index contributed by atoms with van der Waals surface area (Å²) in [5.74, 6) is -0.770. The van der Waals surface area contributed by atoms with Crippen molar-refractivity contribution >= 4 is 5.97 Å². The average molecular weight is 262 g/mol. The summed E-state index contributed by atoms with van der Waals surface area (Å²) in [5.41, 5.74) is 3.46. The van der Waals surface area contributed by atoms with E-state index in [9.17, 15) is 9.90 Å². The van der Waals surface area contributed by atoms with Crippen LogP contribution in [0.3, 0.4) is 0 Å². The molecule has 1 heterocycles. The van der Waals surface area contributed by atoms with Gasteiger partial charge in [0, 0.05) is 0 Å². The number of rotatable bonds is 3. The van der Waals surface area contributed by atoms with Gasteiger partial charge in [0.15, 0.2) is 0 Å². The Morgan fingerprint density at radius 1 is 1.16 bits per heavy atom. The molecule has 0 saturated carbocycles. The summed E-state index contributed by atoms with van der Waals surface area (Å²) in [7, 11) is 0. The first-order chi connectivity index (χ1) is 8.72. The van der Waals surface area contributed by atoms with Crippen LogP contribution < -0.4 is 0 Å². The number of aliphatic carboxylic acids is 1. The van der Waals surface area contributed by atoms with Crippen molar-refractivity contribution in [3.8, 4) is 0 Å². The number of hydrogen-bond acceptors (Lipinski definition) is 2. The van der Waals surface area contributed by atoms with E-state index in [-0.39, 0.29) is 0 Å². The van der Waals surface area contributed by atoms with Crippen molar-refractivity contribution in [2.24, 2.45) is 5.41 Å². The van der Waals surface area contributed by atoms with Gasteiger partial charge in [-0.1, -0.05) is 12.1 Å². The Kier molecular flexibility index (Phi) is 3.21. The predicted octanol–water partition coefficient (Wildman–Crippen LogP) is 2.99. The monoisotopic (exact) mass is 262 g/mol. The summed E-state index contributed by atoms with van der Waals surface area (Å²) in [6.45, 7) is 10.8. The van der Waals surface area contributed by atoms with Crippen molar-refractivity contribution in [3.63, 3.8) is 0 Å². The van der Waals surface area contributed by atoms with E-state index in [2.05, 4.69) is 32.9 Å². The summed E-state index contributed by atoms with van der Waals surface area (Å²) >= 11 is 0. The van der Waals surface area contributed by atoms with E-state index in [4.69, 9.17) is 4.74 Å². The van der Waals surface area contributed by atoms with Crippen molar-refractivity contribution in [1.29, 1.82) is 0 Å². The standard InChI is InChI=1S/C16H22O3/c1-10-6-12(3)13(7-11(10)2)16(8-19-9-16)15(4,5)14(17)18/h6-7H,8-9H2,1-5H3,(H,17,18). The topological polar surface area (TPSA) is 46.5 Å². The zero-order valence-electron chi connectivity index (χ0n) is 12.3. The lowest BCUT2D eigenvalue weighted by atomic mass is 9.59. The lowest BCUT2D eigenvalue weighted by Gasteiger charge is -2.51. The van der Waals surface area contributed by atoms with Crippen LogP contribution in [0.4, 0.5) is 0 Å². The molecule has 0 bridgehead atoms. The van der Waals surface area contributed by atoms with Gasteiger partial charge in [0.25, 0.3) is 0 Å². The molecule has 3 nitrogen and oxygen atoms in total. The molecule has 1 fully saturated rings. The molecule has 1 aromatic rings. The number of aryl methyl sites for hydroxylation is 3. The quantitative estimate of drug-likeness (QED) is 0.911. The van der Waals surface area contributed by atoms with E-state index in [0.717, 1.165) is 11.1 Å². The van der Waals surface area contributed by atoms with Crippen molar-refractivity contribution in [3.05, 3.63) is 34.4 Å². The Labute approximate surface area is 114 Å². The number of carboxylic acids is 1. The van der Waals surface area contributed by atoms with Crippen molar-refractivity contribution in [2.75, 3.05) is 13.2 Å². The van der Waals surface area contributed by atoms with Gasteiger partial charge in [0.1, 0.15) is 0 Å². The fourth-order valence-corrected chi connectivity index (χ4v) is 2.84. The van der Waals surface area contributed by atoms with E-state index in [1.165, 1.54) is 11.1 Å². The zero-order chi connectivity index (χ0) is 14.4. The van der Waals surface area contributed by atoms with Crippen LogP contribution in [0.5, 0.6) is 0 Å². The Balaban J connectivity index is 2.60. The van der Waals surface area contributed by atoms with Gasteiger partial charge < -0.3 is 9.84 Å². The molecule has 19 heavy (non-hydrogen) atoms. The van der Waals surface area contributed by atoms with Crippen molar-refractivity contribution in [1.82, 2.24) is 0 Å². The predicted molar refractivity (Wildman–Crippen MR) is 74.6 cm³/mol. The van der Waals surface area contributed by atoms with Gasteiger partial charge in [-0.15, -0.1) is 0 Å². The van der Waals surface area contributed by atoms with Crippen LogP contribution in [0, 0.1) is 26.2 Å². The average Bonchev–Trinajstić information content (AvgIpc) is 2.23. The third kappa shape index (κ3) is 1.88. The van der Waals surface area contributed by atoms with E-state index in [1.807, 2.05) is 0 Å². The zero-order valence-corrected chi connectivity index (χ0v) is 12.3. The molecule has 1 saturated heterocycles. The number of benzene rings is 1. The Morgan fingerprint density at radius 2 is 1.68 bits per heavy atom. The highest BCUT2D eigenvalue weighted by atomic mass is 16.5. The van der Waals surface area contributed by atoms with Crippen LogP contribution in [0.2, 0.25) is 0 Å². The second-order valence-electron chi connectivity index (χ2n) is 6.26. The van der Waals surface area contributed by atoms with E-state index in [1.54, 1.807) is 13.8 Å². The van der Waals surface area contributed by atoms with Crippen molar-refractivity contribution in [2.45, 2.75) is 40.0 Å². The van der Waals surface area contributed by atoms with Crippen LogP contribution >= 0.6 is 0 Å². The maximum absolute atomic E-state index is 11.6. The van der Waals surface area contributed by atoms with Crippen LogP contribution in [0.25, 0.3) is 0 Å². The Morgan fingerprint density at radius 3 is 2.11 bits per heavy atom. The van der Waals surface area contributed by atoms with E-state index < -0.39 is 16.8 Å². The summed E-state index contributed by atoms with van der Waals surface area (Å²) in [6, 6.07) is 4.28. The van der Waals surface area contributed by atoms with Crippen molar-refractivity contribution < 1.29 is 14.6 Å².